The Morgan fingerprint density at radius 2 is 2.19 bits per heavy atom. The van der Waals surface area contributed by atoms with Crippen LogP contribution in [0.25, 0.3) is 0 Å². The van der Waals surface area contributed by atoms with Gasteiger partial charge in [-0.3, -0.25) is 19.5 Å². The molecule has 1 aromatic heterocycles. The van der Waals surface area contributed by atoms with Gasteiger partial charge in [-0.25, -0.2) is 4.98 Å². The average Bonchev–Trinajstić information content (AvgIpc) is 2.92. The highest BCUT2D eigenvalue weighted by atomic mass is 32.2. The second-order valence-corrected chi connectivity index (χ2v) is 6.05. The predicted molar refractivity (Wildman–Crippen MR) is 80.9 cm³/mol. The Bertz CT molecular complexity index is 654. The fraction of sp³-hybridized carbons (Fsp3) is 0.286. The van der Waals surface area contributed by atoms with Crippen LogP contribution >= 0.6 is 11.8 Å². The lowest BCUT2D eigenvalue weighted by molar-refractivity contribution is -0.385. The molecular weight excluding hydrogens is 290 g/mol. The third kappa shape index (κ3) is 3.49. The second kappa shape index (κ2) is 6.53. The molecule has 1 heterocycles. The summed E-state index contributed by atoms with van der Waals surface area (Å²) in [6.45, 7) is 4.05. The standard InChI is InChI=1S/C14H15N3O3S/c1-10(2)13(14-15-6-7-16(14)9-18)21-12-5-3-4-11(8-12)17(19)20/h3-10,13H,1-2H3. The molecule has 21 heavy (non-hydrogen) atoms. The lowest BCUT2D eigenvalue weighted by Crippen LogP contribution is -2.10. The summed E-state index contributed by atoms with van der Waals surface area (Å²) in [5, 5.41) is 10.8. The van der Waals surface area contributed by atoms with E-state index in [1.165, 1.54) is 28.5 Å². The van der Waals surface area contributed by atoms with Crippen molar-refractivity contribution in [1.29, 1.82) is 0 Å². The van der Waals surface area contributed by atoms with Gasteiger partial charge in [0.2, 0.25) is 6.41 Å². The number of nitro groups is 1. The summed E-state index contributed by atoms with van der Waals surface area (Å²) >= 11 is 1.47. The number of carbonyl (C=O) groups excluding carboxylic acids is 1. The molecule has 1 unspecified atom stereocenters. The van der Waals surface area contributed by atoms with E-state index in [9.17, 15) is 14.9 Å². The predicted octanol–water partition coefficient (Wildman–Crippen LogP) is 3.32. The monoisotopic (exact) mass is 305 g/mol. The minimum atomic E-state index is -0.416. The zero-order valence-electron chi connectivity index (χ0n) is 11.7. The van der Waals surface area contributed by atoms with E-state index in [1.54, 1.807) is 18.5 Å². The van der Waals surface area contributed by atoms with Crippen LogP contribution in [0.4, 0.5) is 5.69 Å². The van der Waals surface area contributed by atoms with Crippen molar-refractivity contribution in [2.75, 3.05) is 0 Å². The normalized spacial score (nSPS) is 12.3. The van der Waals surface area contributed by atoms with E-state index in [1.807, 2.05) is 19.9 Å². The highest BCUT2D eigenvalue weighted by Crippen LogP contribution is 2.40. The van der Waals surface area contributed by atoms with E-state index in [0.717, 1.165) is 4.90 Å². The summed E-state index contributed by atoms with van der Waals surface area (Å²) in [6.07, 6.45) is 3.89. The quantitative estimate of drug-likeness (QED) is 0.354. The van der Waals surface area contributed by atoms with Crippen LogP contribution in [0.3, 0.4) is 0 Å². The van der Waals surface area contributed by atoms with E-state index in [-0.39, 0.29) is 16.9 Å². The SMILES string of the molecule is CC(C)C(Sc1cccc([N+](=O)[O-])c1)c1nccn1C=O. The van der Waals surface area contributed by atoms with Crippen LogP contribution < -0.4 is 0 Å². The molecule has 7 heteroatoms. The van der Waals surface area contributed by atoms with Gasteiger partial charge in [0.15, 0.2) is 0 Å². The van der Waals surface area contributed by atoms with Crippen molar-refractivity contribution >= 4 is 23.9 Å². The molecule has 0 radical (unpaired) electrons. The van der Waals surface area contributed by atoms with Crippen LogP contribution in [-0.2, 0) is 4.79 Å². The molecule has 1 atom stereocenters. The molecule has 0 N–H and O–H groups in total. The summed E-state index contributed by atoms with van der Waals surface area (Å²) in [5.74, 6) is 0.867. The summed E-state index contributed by atoms with van der Waals surface area (Å²) in [7, 11) is 0. The third-order valence-electron chi connectivity index (χ3n) is 2.96. The molecule has 0 saturated heterocycles. The Kier molecular flexibility index (Phi) is 4.74. The van der Waals surface area contributed by atoms with Crippen molar-refractivity contribution in [3.63, 3.8) is 0 Å². The summed E-state index contributed by atoms with van der Waals surface area (Å²) < 4.78 is 1.44. The van der Waals surface area contributed by atoms with Crippen molar-refractivity contribution in [3.05, 3.63) is 52.6 Å². The van der Waals surface area contributed by atoms with Crippen LogP contribution in [0.2, 0.25) is 0 Å². The first-order valence-electron chi connectivity index (χ1n) is 6.42. The van der Waals surface area contributed by atoms with Gasteiger partial charge in [-0.05, 0) is 12.0 Å². The molecule has 6 nitrogen and oxygen atoms in total. The van der Waals surface area contributed by atoms with Crippen LogP contribution in [0.15, 0.2) is 41.6 Å². The smallest absolute Gasteiger partial charge is 0.270 e. The van der Waals surface area contributed by atoms with Crippen LogP contribution in [0.1, 0.15) is 24.9 Å². The lowest BCUT2D eigenvalue weighted by atomic mass is 10.1. The van der Waals surface area contributed by atoms with Crippen LogP contribution in [-0.4, -0.2) is 20.9 Å². The Labute approximate surface area is 126 Å². The van der Waals surface area contributed by atoms with Gasteiger partial charge in [-0.2, -0.15) is 0 Å². The van der Waals surface area contributed by atoms with E-state index in [4.69, 9.17) is 0 Å². The highest BCUT2D eigenvalue weighted by Gasteiger charge is 2.22. The highest BCUT2D eigenvalue weighted by molar-refractivity contribution is 7.99. The van der Waals surface area contributed by atoms with Crippen LogP contribution in [0, 0.1) is 16.0 Å². The summed E-state index contributed by atoms with van der Waals surface area (Å²) in [4.78, 5) is 26.5. The van der Waals surface area contributed by atoms with E-state index >= 15 is 0 Å². The maximum Gasteiger partial charge on any atom is 0.270 e. The minimum absolute atomic E-state index is 0.0567. The molecule has 0 saturated carbocycles. The molecule has 0 amide bonds. The van der Waals surface area contributed by atoms with Gasteiger partial charge in [0.1, 0.15) is 5.82 Å². The minimum Gasteiger partial charge on any atom is -0.278 e. The Hall–Kier alpha value is -2.15. The maximum absolute atomic E-state index is 11.0. The molecule has 0 spiro atoms. The second-order valence-electron chi connectivity index (χ2n) is 4.84. The van der Waals surface area contributed by atoms with Crippen molar-refractivity contribution in [1.82, 2.24) is 9.55 Å². The number of hydrogen-bond acceptors (Lipinski definition) is 5. The van der Waals surface area contributed by atoms with Crippen LogP contribution in [0.5, 0.6) is 0 Å². The third-order valence-corrected chi connectivity index (χ3v) is 4.50. The van der Waals surface area contributed by atoms with Gasteiger partial charge >= 0.3 is 0 Å². The first-order valence-corrected chi connectivity index (χ1v) is 7.30. The molecule has 110 valence electrons. The van der Waals surface area contributed by atoms with Crippen molar-refractivity contribution in [3.8, 4) is 0 Å². The molecule has 0 bridgehead atoms. The summed E-state index contributed by atoms with van der Waals surface area (Å²) in [6, 6.07) is 6.47. The van der Waals surface area contributed by atoms with Crippen molar-refractivity contribution < 1.29 is 9.72 Å². The van der Waals surface area contributed by atoms with Gasteiger partial charge in [0, 0.05) is 29.4 Å². The number of hydrogen-bond donors (Lipinski definition) is 0. The zero-order chi connectivity index (χ0) is 15.4. The number of aromatic nitrogens is 2. The first kappa shape index (κ1) is 15.2. The number of nitro benzene ring substituents is 1. The Morgan fingerprint density at radius 3 is 2.81 bits per heavy atom. The fourth-order valence-electron chi connectivity index (χ4n) is 1.94. The van der Waals surface area contributed by atoms with Crippen molar-refractivity contribution in [2.45, 2.75) is 24.0 Å². The van der Waals surface area contributed by atoms with Gasteiger partial charge < -0.3 is 0 Å². The number of nitrogens with zero attached hydrogens (tertiary/aromatic N) is 3. The maximum atomic E-state index is 11.0. The first-order chi connectivity index (χ1) is 10.0. The number of rotatable bonds is 6. The van der Waals surface area contributed by atoms with Crippen molar-refractivity contribution in [2.24, 2.45) is 5.92 Å². The summed E-state index contributed by atoms with van der Waals surface area (Å²) in [5.41, 5.74) is 0.0567. The number of carbonyl (C=O) groups is 1. The van der Waals surface area contributed by atoms with E-state index in [0.29, 0.717) is 12.2 Å². The molecule has 1 aromatic carbocycles. The zero-order valence-corrected chi connectivity index (χ0v) is 12.5. The average molecular weight is 305 g/mol. The van der Waals surface area contributed by atoms with Gasteiger partial charge in [0.05, 0.1) is 10.2 Å². The number of non-ortho nitro benzene ring substituents is 1. The molecular formula is C14H15N3O3S. The van der Waals surface area contributed by atoms with E-state index < -0.39 is 4.92 Å². The molecule has 0 aliphatic rings. The number of benzene rings is 1. The number of imidazole rings is 1. The van der Waals surface area contributed by atoms with Gasteiger partial charge in [0.25, 0.3) is 5.69 Å². The lowest BCUT2D eigenvalue weighted by Gasteiger charge is -2.19. The Morgan fingerprint density at radius 1 is 1.43 bits per heavy atom. The largest absolute Gasteiger partial charge is 0.278 e. The van der Waals surface area contributed by atoms with Gasteiger partial charge in [-0.1, -0.05) is 19.9 Å². The molecule has 2 rings (SSSR count). The number of thioether (sulfide) groups is 1. The Balaban J connectivity index is 2.31. The topological polar surface area (TPSA) is 78.0 Å². The van der Waals surface area contributed by atoms with Gasteiger partial charge in [-0.15, -0.1) is 11.8 Å². The molecule has 0 fully saturated rings. The molecule has 0 aliphatic heterocycles. The van der Waals surface area contributed by atoms with E-state index in [2.05, 4.69) is 4.98 Å². The molecule has 0 aliphatic carbocycles. The molecule has 2 aromatic rings. The fourth-order valence-corrected chi connectivity index (χ4v) is 3.14.